The highest BCUT2D eigenvalue weighted by Crippen LogP contribution is 2.22. The summed E-state index contributed by atoms with van der Waals surface area (Å²) in [6.07, 6.45) is 0.867. The Hall–Kier alpha value is -2.38. The van der Waals surface area contributed by atoms with Crippen LogP contribution in [0.15, 0.2) is 18.2 Å². The molecule has 7 nitrogen and oxygen atoms in total. The standard InChI is InChI=1S/C20H26N4O3/c1-14-3-4-15(11-16(14)20(25)24-6-9-26-10-7-24)21-12-19-17-13-27-8-5-18(17)22-23(19)2/h3-4,11,21H,5-10,12-13H2,1-2H3. The van der Waals surface area contributed by atoms with E-state index in [1.807, 2.05) is 41.8 Å². The van der Waals surface area contributed by atoms with Crippen molar-refractivity contribution in [3.8, 4) is 0 Å². The zero-order valence-corrected chi connectivity index (χ0v) is 16.0. The monoisotopic (exact) mass is 370 g/mol. The van der Waals surface area contributed by atoms with Crippen LogP contribution in [0.25, 0.3) is 0 Å². The number of nitrogens with one attached hydrogen (secondary N) is 1. The first kappa shape index (κ1) is 18.0. The van der Waals surface area contributed by atoms with Gasteiger partial charge in [0.1, 0.15) is 0 Å². The lowest BCUT2D eigenvalue weighted by Gasteiger charge is -2.27. The number of morpholine rings is 1. The Morgan fingerprint density at radius 2 is 2.04 bits per heavy atom. The second kappa shape index (κ2) is 7.70. The summed E-state index contributed by atoms with van der Waals surface area (Å²) in [5.74, 6) is 0.0748. The number of anilines is 1. The van der Waals surface area contributed by atoms with Crippen LogP contribution in [0, 0.1) is 6.92 Å². The summed E-state index contributed by atoms with van der Waals surface area (Å²) in [5, 5.41) is 8.06. The molecule has 0 radical (unpaired) electrons. The molecule has 1 aromatic carbocycles. The van der Waals surface area contributed by atoms with Crippen molar-refractivity contribution in [3.05, 3.63) is 46.3 Å². The van der Waals surface area contributed by atoms with Crippen LogP contribution in [-0.4, -0.2) is 53.5 Å². The van der Waals surface area contributed by atoms with Gasteiger partial charge in [-0.25, -0.2) is 0 Å². The molecule has 144 valence electrons. The quantitative estimate of drug-likeness (QED) is 0.890. The third kappa shape index (κ3) is 3.70. The van der Waals surface area contributed by atoms with Crippen molar-refractivity contribution >= 4 is 11.6 Å². The van der Waals surface area contributed by atoms with Gasteiger partial charge in [-0.2, -0.15) is 5.10 Å². The lowest BCUT2D eigenvalue weighted by atomic mass is 10.1. The Balaban J connectivity index is 1.50. The van der Waals surface area contributed by atoms with Gasteiger partial charge in [0.05, 0.1) is 44.4 Å². The smallest absolute Gasteiger partial charge is 0.254 e. The zero-order valence-electron chi connectivity index (χ0n) is 16.0. The van der Waals surface area contributed by atoms with Crippen molar-refractivity contribution in [3.63, 3.8) is 0 Å². The summed E-state index contributed by atoms with van der Waals surface area (Å²) in [6.45, 7) is 6.50. The molecule has 7 heteroatoms. The summed E-state index contributed by atoms with van der Waals surface area (Å²) in [4.78, 5) is 14.7. The molecule has 2 aliphatic rings. The van der Waals surface area contributed by atoms with Gasteiger partial charge >= 0.3 is 0 Å². The summed E-state index contributed by atoms with van der Waals surface area (Å²) in [6, 6.07) is 5.97. The maximum atomic E-state index is 12.9. The van der Waals surface area contributed by atoms with E-state index in [0.29, 0.717) is 39.5 Å². The van der Waals surface area contributed by atoms with Crippen molar-refractivity contribution < 1.29 is 14.3 Å². The molecule has 0 saturated carbocycles. The SMILES string of the molecule is Cc1ccc(NCc2c3c(nn2C)CCOC3)cc1C(=O)N1CCOCC1. The fraction of sp³-hybridized carbons (Fsp3) is 0.500. The van der Waals surface area contributed by atoms with E-state index in [1.165, 1.54) is 5.56 Å². The first-order valence-electron chi connectivity index (χ1n) is 9.46. The Bertz CT molecular complexity index is 840. The van der Waals surface area contributed by atoms with E-state index in [2.05, 4.69) is 10.4 Å². The number of aryl methyl sites for hydroxylation is 2. The van der Waals surface area contributed by atoms with E-state index in [1.54, 1.807) is 0 Å². The van der Waals surface area contributed by atoms with Gasteiger partial charge in [-0.3, -0.25) is 9.48 Å². The van der Waals surface area contributed by atoms with Crippen molar-refractivity contribution in [2.24, 2.45) is 7.05 Å². The van der Waals surface area contributed by atoms with Crippen LogP contribution < -0.4 is 5.32 Å². The number of benzene rings is 1. The summed E-state index contributed by atoms with van der Waals surface area (Å²) < 4.78 is 12.9. The molecule has 0 aliphatic carbocycles. The highest BCUT2D eigenvalue weighted by Gasteiger charge is 2.21. The Morgan fingerprint density at radius 3 is 2.85 bits per heavy atom. The molecule has 1 saturated heterocycles. The fourth-order valence-corrected chi connectivity index (χ4v) is 3.68. The number of hydrogen-bond donors (Lipinski definition) is 1. The normalized spacial score (nSPS) is 16.9. The molecule has 1 fully saturated rings. The molecule has 1 N–H and O–H groups in total. The average Bonchev–Trinajstić information content (AvgIpc) is 3.02. The van der Waals surface area contributed by atoms with Crippen LogP contribution in [0.4, 0.5) is 5.69 Å². The largest absolute Gasteiger partial charge is 0.379 e. The summed E-state index contributed by atoms with van der Waals surface area (Å²) >= 11 is 0. The lowest BCUT2D eigenvalue weighted by Crippen LogP contribution is -2.40. The van der Waals surface area contributed by atoms with Gasteiger partial charge in [0.25, 0.3) is 5.91 Å². The van der Waals surface area contributed by atoms with Crippen molar-refractivity contribution in [2.45, 2.75) is 26.5 Å². The van der Waals surface area contributed by atoms with Crippen molar-refractivity contribution in [1.29, 1.82) is 0 Å². The number of carbonyl (C=O) groups is 1. The highest BCUT2D eigenvalue weighted by atomic mass is 16.5. The minimum Gasteiger partial charge on any atom is -0.379 e. The minimum atomic E-state index is 0.0748. The molecular formula is C20H26N4O3. The van der Waals surface area contributed by atoms with Crippen molar-refractivity contribution in [2.75, 3.05) is 38.2 Å². The van der Waals surface area contributed by atoms with Gasteiger partial charge in [-0.05, 0) is 24.6 Å². The third-order valence-corrected chi connectivity index (χ3v) is 5.31. The average molecular weight is 370 g/mol. The molecular weight excluding hydrogens is 344 g/mol. The minimum absolute atomic E-state index is 0.0748. The maximum absolute atomic E-state index is 12.9. The first-order chi connectivity index (χ1) is 13.1. The number of carbonyl (C=O) groups excluding carboxylic acids is 1. The summed E-state index contributed by atoms with van der Waals surface area (Å²) in [7, 11) is 1.97. The van der Waals surface area contributed by atoms with Gasteiger partial charge in [-0.1, -0.05) is 6.07 Å². The molecule has 0 atom stereocenters. The Kier molecular flexibility index (Phi) is 5.13. The second-order valence-electron chi connectivity index (χ2n) is 7.09. The van der Waals surface area contributed by atoms with Crippen LogP contribution in [0.2, 0.25) is 0 Å². The molecule has 1 amide bonds. The fourth-order valence-electron chi connectivity index (χ4n) is 3.68. The summed E-state index contributed by atoms with van der Waals surface area (Å²) in [5.41, 5.74) is 6.12. The molecule has 0 spiro atoms. The number of rotatable bonds is 4. The molecule has 4 rings (SSSR count). The van der Waals surface area contributed by atoms with Gasteiger partial charge in [0, 0.05) is 43.4 Å². The number of ether oxygens (including phenoxy) is 2. The third-order valence-electron chi connectivity index (χ3n) is 5.31. The Labute approximate surface area is 159 Å². The second-order valence-corrected chi connectivity index (χ2v) is 7.09. The van der Waals surface area contributed by atoms with Crippen molar-refractivity contribution in [1.82, 2.24) is 14.7 Å². The predicted octanol–water partition coefficient (Wildman–Crippen LogP) is 1.89. The van der Waals surface area contributed by atoms with E-state index in [0.717, 1.165) is 41.2 Å². The van der Waals surface area contributed by atoms with Gasteiger partial charge in [-0.15, -0.1) is 0 Å². The molecule has 2 aromatic rings. The predicted molar refractivity (Wildman–Crippen MR) is 102 cm³/mol. The van der Waals surface area contributed by atoms with E-state index < -0.39 is 0 Å². The highest BCUT2D eigenvalue weighted by molar-refractivity contribution is 5.96. The van der Waals surface area contributed by atoms with E-state index in [-0.39, 0.29) is 5.91 Å². The molecule has 3 heterocycles. The number of nitrogens with zero attached hydrogens (tertiary/aromatic N) is 3. The van der Waals surface area contributed by atoms with Gasteiger partial charge in [0.15, 0.2) is 0 Å². The molecule has 2 aliphatic heterocycles. The molecule has 1 aromatic heterocycles. The topological polar surface area (TPSA) is 68.6 Å². The number of fused-ring (bicyclic) bond motifs is 1. The Morgan fingerprint density at radius 1 is 1.22 bits per heavy atom. The van der Waals surface area contributed by atoms with E-state index >= 15 is 0 Å². The van der Waals surface area contributed by atoms with Crippen LogP contribution in [0.5, 0.6) is 0 Å². The van der Waals surface area contributed by atoms with Gasteiger partial charge < -0.3 is 19.7 Å². The van der Waals surface area contributed by atoms with E-state index in [4.69, 9.17) is 9.47 Å². The number of amides is 1. The number of aromatic nitrogens is 2. The number of hydrogen-bond acceptors (Lipinski definition) is 5. The van der Waals surface area contributed by atoms with Crippen LogP contribution in [0.3, 0.4) is 0 Å². The first-order valence-corrected chi connectivity index (χ1v) is 9.46. The maximum Gasteiger partial charge on any atom is 0.254 e. The molecule has 27 heavy (non-hydrogen) atoms. The van der Waals surface area contributed by atoms with Crippen LogP contribution in [-0.2, 0) is 36.1 Å². The lowest BCUT2D eigenvalue weighted by molar-refractivity contribution is 0.0302. The molecule has 0 unspecified atom stereocenters. The van der Waals surface area contributed by atoms with Gasteiger partial charge in [0.2, 0.25) is 0 Å². The van der Waals surface area contributed by atoms with E-state index in [9.17, 15) is 4.79 Å². The van der Waals surface area contributed by atoms with Crippen LogP contribution >= 0.6 is 0 Å². The molecule has 0 bridgehead atoms. The zero-order chi connectivity index (χ0) is 18.8. The van der Waals surface area contributed by atoms with Crippen LogP contribution in [0.1, 0.15) is 32.9 Å².